The smallest absolute Gasteiger partial charge is 0.237 e. The molecule has 7 nitrogen and oxygen atoms in total. The molecule has 3 rings (SSSR count). The second-order valence-electron chi connectivity index (χ2n) is 6.83. The van der Waals surface area contributed by atoms with Gasteiger partial charge in [-0.05, 0) is 37.8 Å². The molecule has 0 aliphatic carbocycles. The number of rotatable bonds is 6. The summed E-state index contributed by atoms with van der Waals surface area (Å²) in [4.78, 5) is 14.8. The van der Waals surface area contributed by atoms with Crippen molar-refractivity contribution < 1.29 is 18.7 Å². The predicted molar refractivity (Wildman–Crippen MR) is 93.1 cm³/mol. The number of carbonyl (C=O) groups excluding carboxylic acids is 1. The maximum Gasteiger partial charge on any atom is 0.237 e. The lowest BCUT2D eigenvalue weighted by Crippen LogP contribution is -2.50. The van der Waals surface area contributed by atoms with Crippen LogP contribution in [-0.4, -0.2) is 62.9 Å². The van der Waals surface area contributed by atoms with E-state index in [-0.39, 0.29) is 17.9 Å². The average molecular weight is 351 g/mol. The number of carbonyl (C=O) groups is 1. The van der Waals surface area contributed by atoms with Crippen molar-refractivity contribution in [2.45, 2.75) is 31.8 Å². The summed E-state index contributed by atoms with van der Waals surface area (Å²) in [6, 6.07) is 3.47. The Morgan fingerprint density at radius 1 is 1.24 bits per heavy atom. The van der Waals surface area contributed by atoms with Crippen molar-refractivity contribution in [3.8, 4) is 0 Å². The van der Waals surface area contributed by atoms with Crippen LogP contribution >= 0.6 is 0 Å². The Morgan fingerprint density at radius 2 is 1.92 bits per heavy atom. The molecule has 2 aliphatic heterocycles. The minimum absolute atomic E-state index is 0.00318. The Balaban J connectivity index is 1.60. The maximum absolute atomic E-state index is 12.5. The van der Waals surface area contributed by atoms with Crippen molar-refractivity contribution in [2.75, 3.05) is 46.1 Å². The number of amides is 1. The summed E-state index contributed by atoms with van der Waals surface area (Å²) in [7, 11) is 0. The molecule has 0 saturated carbocycles. The number of hydrogen-bond acceptors (Lipinski definition) is 6. The summed E-state index contributed by atoms with van der Waals surface area (Å²) in [5.74, 6) is 1.85. The van der Waals surface area contributed by atoms with Crippen molar-refractivity contribution in [3.63, 3.8) is 0 Å². The van der Waals surface area contributed by atoms with Gasteiger partial charge in [-0.25, -0.2) is 0 Å². The maximum atomic E-state index is 12.5. The predicted octanol–water partition coefficient (Wildman–Crippen LogP) is 0.831. The minimum Gasteiger partial charge on any atom is -0.465 e. The van der Waals surface area contributed by atoms with Crippen LogP contribution in [0.25, 0.3) is 0 Å². The van der Waals surface area contributed by atoms with Gasteiger partial charge in [-0.2, -0.15) is 0 Å². The first-order chi connectivity index (χ1) is 12.1. The number of hydrogen-bond donors (Lipinski definition) is 2. The van der Waals surface area contributed by atoms with Gasteiger partial charge in [0.1, 0.15) is 11.5 Å². The SMILES string of the molecule is Cc1ccc(C(CNC(=O)C(N)C2CCOCC2)N2CCOCC2)o1. The van der Waals surface area contributed by atoms with Gasteiger partial charge in [0.2, 0.25) is 5.91 Å². The van der Waals surface area contributed by atoms with Crippen molar-refractivity contribution in [1.29, 1.82) is 0 Å². The fourth-order valence-corrected chi connectivity index (χ4v) is 3.54. The van der Waals surface area contributed by atoms with Crippen LogP contribution in [0.1, 0.15) is 30.4 Å². The highest BCUT2D eigenvalue weighted by Crippen LogP contribution is 2.24. The lowest BCUT2D eigenvalue weighted by atomic mass is 9.92. The van der Waals surface area contributed by atoms with Gasteiger partial charge in [0, 0.05) is 32.8 Å². The van der Waals surface area contributed by atoms with E-state index in [1.165, 1.54) is 0 Å². The highest BCUT2D eigenvalue weighted by atomic mass is 16.5. The van der Waals surface area contributed by atoms with Gasteiger partial charge in [-0.15, -0.1) is 0 Å². The third kappa shape index (κ3) is 4.82. The summed E-state index contributed by atoms with van der Waals surface area (Å²) < 4.78 is 16.6. The number of furan rings is 1. The zero-order chi connectivity index (χ0) is 17.6. The summed E-state index contributed by atoms with van der Waals surface area (Å²) in [5, 5.41) is 3.04. The van der Waals surface area contributed by atoms with Gasteiger partial charge in [0.05, 0.1) is 25.3 Å². The number of aryl methyl sites for hydroxylation is 1. The van der Waals surface area contributed by atoms with Crippen molar-refractivity contribution in [1.82, 2.24) is 10.2 Å². The molecule has 0 aromatic carbocycles. The van der Waals surface area contributed by atoms with E-state index in [4.69, 9.17) is 19.6 Å². The molecular weight excluding hydrogens is 322 g/mol. The van der Waals surface area contributed by atoms with Gasteiger partial charge in [0.25, 0.3) is 0 Å². The van der Waals surface area contributed by atoms with Crippen LogP contribution < -0.4 is 11.1 Å². The van der Waals surface area contributed by atoms with Crippen LogP contribution in [0.3, 0.4) is 0 Å². The Bertz CT molecular complexity index is 550. The molecule has 2 fully saturated rings. The minimum atomic E-state index is -0.479. The third-order valence-corrected chi connectivity index (χ3v) is 5.12. The average Bonchev–Trinajstić information content (AvgIpc) is 3.09. The largest absolute Gasteiger partial charge is 0.465 e. The zero-order valence-electron chi connectivity index (χ0n) is 14.9. The second kappa shape index (κ2) is 8.80. The quantitative estimate of drug-likeness (QED) is 0.789. The fourth-order valence-electron chi connectivity index (χ4n) is 3.54. The number of nitrogens with zero attached hydrogens (tertiary/aromatic N) is 1. The van der Waals surface area contributed by atoms with Crippen molar-refractivity contribution in [2.24, 2.45) is 11.7 Å². The van der Waals surface area contributed by atoms with E-state index >= 15 is 0 Å². The van der Waals surface area contributed by atoms with E-state index in [0.717, 1.165) is 37.5 Å². The molecule has 3 heterocycles. The Kier molecular flexibility index (Phi) is 6.47. The number of nitrogens with one attached hydrogen (secondary N) is 1. The molecule has 0 radical (unpaired) electrons. The standard InChI is InChI=1S/C18H29N3O4/c1-13-2-3-16(25-13)15(21-6-10-24-11-7-21)12-20-18(22)17(19)14-4-8-23-9-5-14/h2-3,14-15,17H,4-12,19H2,1H3,(H,20,22). The zero-order valence-corrected chi connectivity index (χ0v) is 14.9. The van der Waals surface area contributed by atoms with Gasteiger partial charge in [-0.1, -0.05) is 0 Å². The van der Waals surface area contributed by atoms with Gasteiger partial charge in [-0.3, -0.25) is 9.69 Å². The Hall–Kier alpha value is -1.41. The normalized spacial score (nSPS) is 22.5. The third-order valence-electron chi connectivity index (χ3n) is 5.12. The molecule has 2 unspecified atom stereocenters. The van der Waals surface area contributed by atoms with E-state index < -0.39 is 6.04 Å². The molecule has 1 aromatic heterocycles. The molecule has 2 saturated heterocycles. The van der Waals surface area contributed by atoms with Gasteiger partial charge in [0.15, 0.2) is 0 Å². The Morgan fingerprint density at radius 3 is 2.56 bits per heavy atom. The summed E-state index contributed by atoms with van der Waals surface area (Å²) in [5.41, 5.74) is 6.17. The Labute approximate surface area is 148 Å². The summed E-state index contributed by atoms with van der Waals surface area (Å²) >= 11 is 0. The lowest BCUT2D eigenvalue weighted by molar-refractivity contribution is -0.124. The fraction of sp³-hybridized carbons (Fsp3) is 0.722. The van der Waals surface area contributed by atoms with E-state index in [0.29, 0.717) is 33.0 Å². The van der Waals surface area contributed by atoms with E-state index in [1.807, 2.05) is 19.1 Å². The first kappa shape index (κ1) is 18.4. The van der Waals surface area contributed by atoms with Crippen molar-refractivity contribution >= 4 is 5.91 Å². The van der Waals surface area contributed by atoms with Crippen LogP contribution in [0, 0.1) is 12.8 Å². The topological polar surface area (TPSA) is 90.0 Å². The number of morpholine rings is 1. The molecular formula is C18H29N3O4. The highest BCUT2D eigenvalue weighted by molar-refractivity contribution is 5.81. The van der Waals surface area contributed by atoms with Crippen LogP contribution in [-0.2, 0) is 14.3 Å². The first-order valence-corrected chi connectivity index (χ1v) is 9.14. The second-order valence-corrected chi connectivity index (χ2v) is 6.83. The molecule has 1 aromatic rings. The molecule has 0 bridgehead atoms. The van der Waals surface area contributed by atoms with E-state index in [2.05, 4.69) is 10.2 Å². The van der Waals surface area contributed by atoms with Crippen LogP contribution in [0.2, 0.25) is 0 Å². The van der Waals surface area contributed by atoms with Crippen LogP contribution in [0.15, 0.2) is 16.5 Å². The molecule has 3 N–H and O–H groups in total. The summed E-state index contributed by atoms with van der Waals surface area (Å²) in [6.07, 6.45) is 1.69. The van der Waals surface area contributed by atoms with Gasteiger partial charge >= 0.3 is 0 Å². The van der Waals surface area contributed by atoms with Gasteiger partial charge < -0.3 is 24.9 Å². The number of ether oxygens (including phenoxy) is 2. The first-order valence-electron chi connectivity index (χ1n) is 9.14. The van der Waals surface area contributed by atoms with E-state index in [9.17, 15) is 4.79 Å². The molecule has 1 amide bonds. The van der Waals surface area contributed by atoms with Crippen molar-refractivity contribution in [3.05, 3.63) is 23.7 Å². The molecule has 7 heteroatoms. The van der Waals surface area contributed by atoms with E-state index in [1.54, 1.807) is 0 Å². The molecule has 2 aliphatic rings. The number of nitrogens with two attached hydrogens (primary N) is 1. The van der Waals surface area contributed by atoms with Crippen LogP contribution in [0.5, 0.6) is 0 Å². The molecule has 2 atom stereocenters. The molecule has 25 heavy (non-hydrogen) atoms. The molecule has 0 spiro atoms. The molecule has 140 valence electrons. The highest BCUT2D eigenvalue weighted by Gasteiger charge is 2.29. The lowest BCUT2D eigenvalue weighted by Gasteiger charge is -2.34. The summed E-state index contributed by atoms with van der Waals surface area (Å²) in [6.45, 7) is 6.85. The monoisotopic (exact) mass is 351 g/mol. The van der Waals surface area contributed by atoms with Crippen LogP contribution in [0.4, 0.5) is 0 Å².